The molecule has 0 radical (unpaired) electrons. The molecule has 0 fully saturated rings. The van der Waals surface area contributed by atoms with E-state index in [0.29, 0.717) is 0 Å². The van der Waals surface area contributed by atoms with Crippen LogP contribution in [0, 0.1) is 13.7 Å². The molecule has 0 aliphatic rings. The number of aromatic nitrogens is 1. The molecule has 21 heavy (non-hydrogen) atoms. The van der Waals surface area contributed by atoms with Gasteiger partial charge in [-0.05, 0) is 29.5 Å². The van der Waals surface area contributed by atoms with Gasteiger partial charge in [0.15, 0.2) is 0 Å². The number of pyridine rings is 1. The van der Waals surface area contributed by atoms with Gasteiger partial charge in [-0.2, -0.15) is 0 Å². The minimum Gasteiger partial charge on any atom is -0.466 e. The summed E-state index contributed by atoms with van der Waals surface area (Å²) in [4.78, 5) is 24.8. The molecule has 116 valence electrons. The van der Waals surface area contributed by atoms with E-state index in [9.17, 15) is 28.1 Å². The van der Waals surface area contributed by atoms with E-state index in [1.54, 1.807) is 0 Å². The number of nitro groups is 1. The van der Waals surface area contributed by atoms with Crippen LogP contribution in [-0.4, -0.2) is 28.8 Å². The van der Waals surface area contributed by atoms with Gasteiger partial charge in [-0.25, -0.2) is 0 Å². The van der Waals surface area contributed by atoms with Crippen molar-refractivity contribution in [1.82, 2.24) is 4.98 Å². The van der Waals surface area contributed by atoms with Crippen molar-refractivity contribution < 1.29 is 32.4 Å². The summed E-state index contributed by atoms with van der Waals surface area (Å²) in [5.41, 5.74) is -1.42. The Kier molecular flexibility index (Phi) is 5.69. The SMILES string of the molecule is CCOC(=O)Cc1ncc(I)c([N+](=O)[O-])c1OC(F)(F)F. The average molecular weight is 420 g/mol. The van der Waals surface area contributed by atoms with Gasteiger partial charge in [-0.3, -0.25) is 19.9 Å². The maximum atomic E-state index is 12.4. The molecule has 0 spiro atoms. The van der Waals surface area contributed by atoms with Crippen LogP contribution in [0.4, 0.5) is 18.9 Å². The van der Waals surface area contributed by atoms with Crippen LogP contribution in [0.15, 0.2) is 6.20 Å². The van der Waals surface area contributed by atoms with Crippen molar-refractivity contribution in [2.24, 2.45) is 0 Å². The number of carbonyl (C=O) groups is 1. The van der Waals surface area contributed by atoms with Gasteiger partial charge in [0.2, 0.25) is 5.75 Å². The fourth-order valence-corrected chi connectivity index (χ4v) is 1.95. The average Bonchev–Trinajstić information content (AvgIpc) is 2.30. The van der Waals surface area contributed by atoms with Gasteiger partial charge in [0.05, 0.1) is 18.0 Å². The second kappa shape index (κ2) is 6.87. The molecule has 0 saturated heterocycles. The number of halogens is 4. The lowest BCUT2D eigenvalue weighted by Crippen LogP contribution is -2.21. The van der Waals surface area contributed by atoms with Gasteiger partial charge >= 0.3 is 18.0 Å². The number of hydrogen-bond donors (Lipinski definition) is 0. The third-order valence-electron chi connectivity index (χ3n) is 2.05. The van der Waals surface area contributed by atoms with Crippen LogP contribution in [0.1, 0.15) is 12.6 Å². The normalized spacial score (nSPS) is 11.1. The Morgan fingerprint density at radius 3 is 2.62 bits per heavy atom. The topological polar surface area (TPSA) is 91.6 Å². The number of ether oxygens (including phenoxy) is 2. The summed E-state index contributed by atoms with van der Waals surface area (Å²) in [6.45, 7) is 1.52. The molecular weight excluding hydrogens is 412 g/mol. The number of esters is 1. The maximum Gasteiger partial charge on any atom is 0.573 e. The van der Waals surface area contributed by atoms with Gasteiger partial charge in [0.1, 0.15) is 9.26 Å². The fraction of sp³-hybridized carbons (Fsp3) is 0.400. The van der Waals surface area contributed by atoms with Crippen LogP contribution in [0.5, 0.6) is 5.75 Å². The Morgan fingerprint density at radius 2 is 2.14 bits per heavy atom. The van der Waals surface area contributed by atoms with Crippen LogP contribution in [0.2, 0.25) is 0 Å². The van der Waals surface area contributed by atoms with E-state index in [-0.39, 0.29) is 10.2 Å². The number of carbonyl (C=O) groups excluding carboxylic acids is 1. The third-order valence-corrected chi connectivity index (χ3v) is 2.84. The van der Waals surface area contributed by atoms with Crippen molar-refractivity contribution in [2.45, 2.75) is 19.7 Å². The van der Waals surface area contributed by atoms with Crippen LogP contribution in [0.25, 0.3) is 0 Å². The first-order valence-corrected chi connectivity index (χ1v) is 6.46. The predicted octanol–water partition coefficient (Wildman–Crippen LogP) is 2.60. The largest absolute Gasteiger partial charge is 0.573 e. The highest BCUT2D eigenvalue weighted by Crippen LogP contribution is 2.37. The molecule has 0 bridgehead atoms. The lowest BCUT2D eigenvalue weighted by molar-refractivity contribution is -0.389. The second-order valence-electron chi connectivity index (χ2n) is 3.52. The molecule has 11 heteroatoms. The zero-order valence-corrected chi connectivity index (χ0v) is 12.6. The molecule has 7 nitrogen and oxygen atoms in total. The maximum absolute atomic E-state index is 12.4. The van der Waals surface area contributed by atoms with Crippen molar-refractivity contribution >= 4 is 34.2 Å². The van der Waals surface area contributed by atoms with Crippen molar-refractivity contribution in [3.05, 3.63) is 25.6 Å². The summed E-state index contributed by atoms with van der Waals surface area (Å²) in [5.74, 6) is -1.97. The van der Waals surface area contributed by atoms with Gasteiger partial charge in [-0.1, -0.05) is 0 Å². The highest BCUT2D eigenvalue weighted by Gasteiger charge is 2.38. The molecular formula is C10H8F3IN2O5. The van der Waals surface area contributed by atoms with E-state index < -0.39 is 40.8 Å². The second-order valence-corrected chi connectivity index (χ2v) is 4.68. The molecule has 0 saturated carbocycles. The monoisotopic (exact) mass is 420 g/mol. The minimum atomic E-state index is -5.15. The fourth-order valence-electron chi connectivity index (χ4n) is 1.37. The lowest BCUT2D eigenvalue weighted by Gasteiger charge is -2.13. The summed E-state index contributed by atoms with van der Waals surface area (Å²) in [6.07, 6.45) is -4.84. The molecule has 1 heterocycles. The van der Waals surface area contributed by atoms with E-state index in [4.69, 9.17) is 0 Å². The van der Waals surface area contributed by atoms with E-state index in [2.05, 4.69) is 14.5 Å². The zero-order valence-electron chi connectivity index (χ0n) is 10.4. The van der Waals surface area contributed by atoms with Gasteiger partial charge < -0.3 is 9.47 Å². The van der Waals surface area contributed by atoms with Crippen molar-refractivity contribution in [2.75, 3.05) is 6.61 Å². The Hall–Kier alpha value is -1.66. The quantitative estimate of drug-likeness (QED) is 0.315. The molecule has 0 atom stereocenters. The van der Waals surface area contributed by atoms with Crippen LogP contribution in [-0.2, 0) is 16.0 Å². The van der Waals surface area contributed by atoms with Crippen LogP contribution < -0.4 is 4.74 Å². The van der Waals surface area contributed by atoms with Crippen LogP contribution in [0.3, 0.4) is 0 Å². The highest BCUT2D eigenvalue weighted by molar-refractivity contribution is 14.1. The highest BCUT2D eigenvalue weighted by atomic mass is 127. The molecule has 1 rings (SSSR count). The molecule has 0 aliphatic carbocycles. The van der Waals surface area contributed by atoms with Crippen molar-refractivity contribution in [1.29, 1.82) is 0 Å². The van der Waals surface area contributed by atoms with Gasteiger partial charge in [-0.15, -0.1) is 13.2 Å². The first-order valence-electron chi connectivity index (χ1n) is 5.38. The molecule has 0 N–H and O–H groups in total. The molecule has 0 aromatic carbocycles. The molecule has 0 amide bonds. The Morgan fingerprint density at radius 1 is 1.52 bits per heavy atom. The smallest absolute Gasteiger partial charge is 0.466 e. The van der Waals surface area contributed by atoms with Crippen molar-refractivity contribution in [3.63, 3.8) is 0 Å². The summed E-state index contributed by atoms with van der Waals surface area (Å²) >= 11 is 1.45. The van der Waals surface area contributed by atoms with Crippen LogP contribution >= 0.6 is 22.6 Å². The van der Waals surface area contributed by atoms with Gasteiger partial charge in [0.25, 0.3) is 0 Å². The number of hydrogen-bond acceptors (Lipinski definition) is 6. The third kappa shape index (κ3) is 4.99. The lowest BCUT2D eigenvalue weighted by atomic mass is 10.2. The molecule has 0 aliphatic heterocycles. The Bertz CT molecular complexity index is 564. The first kappa shape index (κ1) is 17.4. The summed E-state index contributed by atoms with van der Waals surface area (Å²) in [6, 6.07) is 0. The number of nitrogens with zero attached hydrogens (tertiary/aromatic N) is 2. The zero-order chi connectivity index (χ0) is 16.2. The first-order chi connectivity index (χ1) is 9.65. The van der Waals surface area contributed by atoms with E-state index in [1.807, 2.05) is 0 Å². The molecule has 1 aromatic heterocycles. The summed E-state index contributed by atoms with van der Waals surface area (Å²) < 4.78 is 45.3. The van der Waals surface area contributed by atoms with E-state index in [1.165, 1.54) is 29.5 Å². The standard InChI is InChI=1S/C10H8F3IN2O5/c1-2-20-7(17)3-6-9(21-10(11,12)13)8(16(18)19)5(14)4-15-6/h4H,2-3H2,1H3. The van der Waals surface area contributed by atoms with Gasteiger partial charge in [0, 0.05) is 6.20 Å². The Balaban J connectivity index is 3.32. The summed E-state index contributed by atoms with van der Waals surface area (Å²) in [7, 11) is 0. The molecule has 1 aromatic rings. The predicted molar refractivity (Wildman–Crippen MR) is 70.6 cm³/mol. The minimum absolute atomic E-state index is 0.0146. The van der Waals surface area contributed by atoms with E-state index in [0.717, 1.165) is 6.20 Å². The Labute approximate surface area is 129 Å². The molecule has 0 unspecified atom stereocenters. The summed E-state index contributed by atoms with van der Waals surface area (Å²) in [5, 5.41) is 10.9. The number of rotatable bonds is 5. The number of alkyl halides is 3. The van der Waals surface area contributed by atoms with Crippen molar-refractivity contribution in [3.8, 4) is 5.75 Å². The van der Waals surface area contributed by atoms with E-state index >= 15 is 0 Å².